The van der Waals surface area contributed by atoms with Crippen LogP contribution in [0.3, 0.4) is 0 Å². The molecule has 0 radical (unpaired) electrons. The van der Waals surface area contributed by atoms with E-state index in [2.05, 4.69) is 26.9 Å². The Bertz CT molecular complexity index is 658. The Morgan fingerprint density at radius 2 is 1.92 bits per heavy atom. The van der Waals surface area contributed by atoms with E-state index in [0.29, 0.717) is 6.04 Å². The van der Waals surface area contributed by atoms with E-state index >= 15 is 0 Å². The highest BCUT2D eigenvalue weighted by molar-refractivity contribution is 7.09. The molecule has 26 heavy (non-hydrogen) atoms. The molecule has 1 saturated heterocycles. The average Bonchev–Trinajstić information content (AvgIpc) is 3.16. The van der Waals surface area contributed by atoms with Gasteiger partial charge in [0.2, 0.25) is 0 Å². The zero-order valence-electron chi connectivity index (χ0n) is 15.4. The van der Waals surface area contributed by atoms with E-state index in [1.807, 2.05) is 17.6 Å². The number of benzene rings is 1. The van der Waals surface area contributed by atoms with Crippen molar-refractivity contribution >= 4 is 11.3 Å². The van der Waals surface area contributed by atoms with E-state index < -0.39 is 0 Å². The van der Waals surface area contributed by atoms with Crippen molar-refractivity contribution in [3.63, 3.8) is 0 Å². The molecular formula is C19H27N3O3S. The molecule has 2 aromatic rings. The smallest absolute Gasteiger partial charge is 0.122 e. The quantitative estimate of drug-likeness (QED) is 0.761. The summed E-state index contributed by atoms with van der Waals surface area (Å²) in [6.45, 7) is 4.83. The van der Waals surface area contributed by atoms with Gasteiger partial charge in [0.15, 0.2) is 0 Å². The second-order valence-corrected chi connectivity index (χ2v) is 7.50. The van der Waals surface area contributed by atoms with Crippen molar-refractivity contribution in [1.82, 2.24) is 14.8 Å². The van der Waals surface area contributed by atoms with E-state index in [0.717, 1.165) is 61.2 Å². The highest BCUT2D eigenvalue weighted by Crippen LogP contribution is 2.25. The number of thiazole rings is 1. The first-order valence-corrected chi connectivity index (χ1v) is 9.77. The first kappa shape index (κ1) is 19.1. The Hall–Kier alpha value is -1.67. The summed E-state index contributed by atoms with van der Waals surface area (Å²) < 4.78 is 10.8. The van der Waals surface area contributed by atoms with Crippen molar-refractivity contribution in [2.75, 3.05) is 40.5 Å². The van der Waals surface area contributed by atoms with Crippen LogP contribution >= 0.6 is 11.3 Å². The van der Waals surface area contributed by atoms with Crippen molar-refractivity contribution in [3.05, 3.63) is 40.3 Å². The molecule has 2 heterocycles. The van der Waals surface area contributed by atoms with Crippen LogP contribution in [0.15, 0.2) is 29.8 Å². The highest BCUT2D eigenvalue weighted by atomic mass is 32.1. The summed E-state index contributed by atoms with van der Waals surface area (Å²) in [5, 5.41) is 12.7. The SMILES string of the molecule is COc1cc(CN2CCN(Cc3nccs3)C[C@H]2CCO)cc(OC)c1. The van der Waals surface area contributed by atoms with Gasteiger partial charge in [-0.25, -0.2) is 4.98 Å². The van der Waals surface area contributed by atoms with Gasteiger partial charge in [-0.1, -0.05) is 0 Å². The fourth-order valence-electron chi connectivity index (χ4n) is 3.45. The Morgan fingerprint density at radius 1 is 1.15 bits per heavy atom. The van der Waals surface area contributed by atoms with E-state index in [-0.39, 0.29) is 6.61 Å². The molecule has 1 fully saturated rings. The van der Waals surface area contributed by atoms with Gasteiger partial charge in [-0.2, -0.15) is 0 Å². The maximum absolute atomic E-state index is 9.51. The fraction of sp³-hybridized carbons (Fsp3) is 0.526. The van der Waals surface area contributed by atoms with Gasteiger partial charge >= 0.3 is 0 Å². The molecular weight excluding hydrogens is 350 g/mol. The zero-order chi connectivity index (χ0) is 18.4. The summed E-state index contributed by atoms with van der Waals surface area (Å²) in [6.07, 6.45) is 2.63. The molecule has 1 aliphatic rings. The van der Waals surface area contributed by atoms with Crippen LogP contribution in [-0.2, 0) is 13.1 Å². The largest absolute Gasteiger partial charge is 0.497 e. The molecule has 0 unspecified atom stereocenters. The third-order valence-corrected chi connectivity index (χ3v) is 5.55. The van der Waals surface area contributed by atoms with Crippen molar-refractivity contribution in [3.8, 4) is 11.5 Å². The molecule has 0 aliphatic carbocycles. The summed E-state index contributed by atoms with van der Waals surface area (Å²) in [6, 6.07) is 6.33. The molecule has 1 aromatic carbocycles. The van der Waals surface area contributed by atoms with Crippen LogP contribution in [0.5, 0.6) is 11.5 Å². The molecule has 0 saturated carbocycles. The summed E-state index contributed by atoms with van der Waals surface area (Å²) >= 11 is 1.70. The summed E-state index contributed by atoms with van der Waals surface area (Å²) in [5.41, 5.74) is 1.16. The molecule has 3 rings (SSSR count). The first-order valence-electron chi connectivity index (χ1n) is 8.89. The topological polar surface area (TPSA) is 58.1 Å². The van der Waals surface area contributed by atoms with Crippen LogP contribution in [0.4, 0.5) is 0 Å². The predicted octanol–water partition coefficient (Wildman–Crippen LogP) is 2.23. The molecule has 142 valence electrons. The summed E-state index contributed by atoms with van der Waals surface area (Å²) in [4.78, 5) is 9.27. The van der Waals surface area contributed by atoms with Gasteiger partial charge in [-0.15, -0.1) is 11.3 Å². The van der Waals surface area contributed by atoms with Gasteiger partial charge in [0.25, 0.3) is 0 Å². The molecule has 1 N–H and O–H groups in total. The molecule has 1 aromatic heterocycles. The standard InChI is InChI=1S/C19H27N3O3S/c1-24-17-9-15(10-18(11-17)25-2)12-22-6-5-21(13-16(22)3-7-23)14-19-20-4-8-26-19/h4,8-11,16,23H,3,5-7,12-14H2,1-2H3/t16-/m1/s1. The number of piperazine rings is 1. The van der Waals surface area contributed by atoms with Crippen molar-refractivity contribution < 1.29 is 14.6 Å². The lowest BCUT2D eigenvalue weighted by Gasteiger charge is -2.41. The van der Waals surface area contributed by atoms with Crippen LogP contribution in [0.2, 0.25) is 0 Å². The van der Waals surface area contributed by atoms with Crippen molar-refractivity contribution in [2.24, 2.45) is 0 Å². The van der Waals surface area contributed by atoms with Crippen LogP contribution < -0.4 is 9.47 Å². The minimum Gasteiger partial charge on any atom is -0.497 e. The van der Waals surface area contributed by atoms with Crippen molar-refractivity contribution in [2.45, 2.75) is 25.6 Å². The van der Waals surface area contributed by atoms with Gasteiger partial charge < -0.3 is 14.6 Å². The Kier molecular flexibility index (Phi) is 6.85. The number of rotatable bonds is 8. The number of methoxy groups -OCH3 is 2. The van der Waals surface area contributed by atoms with Crippen molar-refractivity contribution in [1.29, 1.82) is 0 Å². The molecule has 0 spiro atoms. The second kappa shape index (κ2) is 9.32. The van der Waals surface area contributed by atoms with E-state index in [1.54, 1.807) is 25.6 Å². The monoisotopic (exact) mass is 377 g/mol. The number of hydrogen-bond donors (Lipinski definition) is 1. The van der Waals surface area contributed by atoms with Gasteiger partial charge in [0.05, 0.1) is 20.8 Å². The Labute approximate surface area is 159 Å². The van der Waals surface area contributed by atoms with E-state index in [9.17, 15) is 5.11 Å². The molecule has 1 atom stereocenters. The Balaban J connectivity index is 1.67. The number of hydrogen-bond acceptors (Lipinski definition) is 7. The molecule has 6 nitrogen and oxygen atoms in total. The number of aliphatic hydroxyl groups excluding tert-OH is 1. The van der Waals surface area contributed by atoms with Gasteiger partial charge in [-0.05, 0) is 24.1 Å². The lowest BCUT2D eigenvalue weighted by molar-refractivity contribution is 0.0498. The fourth-order valence-corrected chi connectivity index (χ4v) is 4.10. The summed E-state index contributed by atoms with van der Waals surface area (Å²) in [7, 11) is 3.34. The van der Waals surface area contributed by atoms with Crippen LogP contribution in [-0.4, -0.2) is 66.4 Å². The maximum Gasteiger partial charge on any atom is 0.122 e. The highest BCUT2D eigenvalue weighted by Gasteiger charge is 2.27. The third-order valence-electron chi connectivity index (χ3n) is 4.79. The minimum absolute atomic E-state index is 0.202. The van der Waals surface area contributed by atoms with Crippen LogP contribution in [0.1, 0.15) is 17.0 Å². The minimum atomic E-state index is 0.202. The number of aliphatic hydroxyl groups is 1. The lowest BCUT2D eigenvalue weighted by atomic mass is 10.1. The molecule has 0 bridgehead atoms. The average molecular weight is 378 g/mol. The molecule has 7 heteroatoms. The number of nitrogens with zero attached hydrogens (tertiary/aromatic N) is 3. The summed E-state index contributed by atoms with van der Waals surface area (Å²) in [5.74, 6) is 1.61. The van der Waals surface area contributed by atoms with E-state index in [1.165, 1.54) is 0 Å². The van der Waals surface area contributed by atoms with E-state index in [4.69, 9.17) is 9.47 Å². The van der Waals surface area contributed by atoms with Crippen LogP contribution in [0.25, 0.3) is 0 Å². The molecule has 0 amide bonds. The predicted molar refractivity (Wildman–Crippen MR) is 103 cm³/mol. The lowest BCUT2D eigenvalue weighted by Crippen LogP contribution is -2.52. The number of aromatic nitrogens is 1. The normalized spacial score (nSPS) is 18.8. The first-order chi connectivity index (χ1) is 12.7. The second-order valence-electron chi connectivity index (χ2n) is 6.52. The molecule has 1 aliphatic heterocycles. The zero-order valence-corrected chi connectivity index (χ0v) is 16.2. The Morgan fingerprint density at radius 3 is 2.54 bits per heavy atom. The maximum atomic E-state index is 9.51. The van der Waals surface area contributed by atoms with Gasteiger partial charge in [0, 0.05) is 56.5 Å². The number of ether oxygens (including phenoxy) is 2. The van der Waals surface area contributed by atoms with Crippen LogP contribution in [0, 0.1) is 0 Å². The third kappa shape index (κ3) is 4.94. The van der Waals surface area contributed by atoms with Gasteiger partial charge in [0.1, 0.15) is 16.5 Å². The van der Waals surface area contributed by atoms with Gasteiger partial charge in [-0.3, -0.25) is 9.80 Å².